The monoisotopic (exact) mass is 417 g/mol. The Morgan fingerprint density at radius 2 is 1.71 bits per heavy atom. The van der Waals surface area contributed by atoms with Crippen LogP contribution in [0.1, 0.15) is 29.9 Å². The molecular formula is C23H23N5O3. The second-order valence-corrected chi connectivity index (χ2v) is 7.09. The highest BCUT2D eigenvalue weighted by Crippen LogP contribution is 2.24. The number of benzene rings is 2. The third kappa shape index (κ3) is 3.56. The lowest BCUT2D eigenvalue weighted by Crippen LogP contribution is -2.23. The average Bonchev–Trinajstić information content (AvgIpc) is 3.05. The van der Waals surface area contributed by atoms with Crippen LogP contribution in [0.3, 0.4) is 0 Å². The normalized spacial score (nSPS) is 11.1. The molecule has 2 aromatic heterocycles. The molecule has 31 heavy (non-hydrogen) atoms. The van der Waals surface area contributed by atoms with Crippen LogP contribution < -0.4 is 16.2 Å². The standard InChI is InChI=1S/C23H23N5O3/c1-4-27-19-18(20(24)29)25-21(15-8-6-14(3)7-9-15)26-22(19)28(23(27)30)16-10-12-17(13-11-16)31-5-2/h6-13H,4-5H2,1-3H3,(H2,24,29). The minimum atomic E-state index is -0.716. The summed E-state index contributed by atoms with van der Waals surface area (Å²) in [6.45, 7) is 6.59. The van der Waals surface area contributed by atoms with Gasteiger partial charge in [0.15, 0.2) is 17.2 Å². The summed E-state index contributed by atoms with van der Waals surface area (Å²) >= 11 is 0. The molecule has 8 heteroatoms. The van der Waals surface area contributed by atoms with Gasteiger partial charge in [-0.3, -0.25) is 9.36 Å². The fraction of sp³-hybridized carbons (Fsp3) is 0.217. The maximum Gasteiger partial charge on any atom is 0.335 e. The van der Waals surface area contributed by atoms with Crippen molar-refractivity contribution in [3.05, 3.63) is 70.3 Å². The van der Waals surface area contributed by atoms with E-state index < -0.39 is 5.91 Å². The lowest BCUT2D eigenvalue weighted by molar-refractivity contribution is 0.0997. The number of hydrogen-bond acceptors (Lipinski definition) is 5. The number of rotatable bonds is 6. The van der Waals surface area contributed by atoms with E-state index in [1.807, 2.05) is 45.0 Å². The van der Waals surface area contributed by atoms with Gasteiger partial charge in [0.25, 0.3) is 5.91 Å². The maximum atomic E-state index is 13.3. The van der Waals surface area contributed by atoms with Crippen molar-refractivity contribution in [2.24, 2.45) is 5.73 Å². The van der Waals surface area contributed by atoms with Gasteiger partial charge in [-0.25, -0.2) is 19.3 Å². The first-order chi connectivity index (χ1) is 14.9. The number of carbonyl (C=O) groups is 1. The number of carbonyl (C=O) groups excluding carboxylic acids is 1. The Balaban J connectivity index is 2.03. The molecule has 2 N–H and O–H groups in total. The average molecular weight is 417 g/mol. The molecule has 2 aromatic carbocycles. The number of aromatic nitrogens is 4. The van der Waals surface area contributed by atoms with Crippen LogP contribution in [0.25, 0.3) is 28.2 Å². The Hall–Kier alpha value is -3.94. The van der Waals surface area contributed by atoms with Crippen LogP contribution in [0.15, 0.2) is 53.3 Å². The lowest BCUT2D eigenvalue weighted by atomic mass is 10.1. The van der Waals surface area contributed by atoms with E-state index in [4.69, 9.17) is 10.5 Å². The molecule has 0 spiro atoms. The second kappa shape index (κ2) is 8.06. The Morgan fingerprint density at radius 1 is 1.03 bits per heavy atom. The molecule has 0 unspecified atom stereocenters. The summed E-state index contributed by atoms with van der Waals surface area (Å²) in [7, 11) is 0. The fourth-order valence-electron chi connectivity index (χ4n) is 3.54. The summed E-state index contributed by atoms with van der Waals surface area (Å²) < 4.78 is 8.43. The Kier molecular flexibility index (Phi) is 5.29. The van der Waals surface area contributed by atoms with Crippen molar-refractivity contribution in [1.82, 2.24) is 19.1 Å². The topological polar surface area (TPSA) is 105 Å². The smallest absolute Gasteiger partial charge is 0.335 e. The number of primary amides is 1. The zero-order valence-corrected chi connectivity index (χ0v) is 17.6. The van der Waals surface area contributed by atoms with Crippen molar-refractivity contribution in [2.75, 3.05) is 6.61 Å². The van der Waals surface area contributed by atoms with Gasteiger partial charge in [0, 0.05) is 12.1 Å². The van der Waals surface area contributed by atoms with Gasteiger partial charge in [0.05, 0.1) is 12.3 Å². The lowest BCUT2D eigenvalue weighted by Gasteiger charge is -2.08. The van der Waals surface area contributed by atoms with E-state index in [0.717, 1.165) is 11.1 Å². The van der Waals surface area contributed by atoms with Crippen molar-refractivity contribution in [3.8, 4) is 22.8 Å². The van der Waals surface area contributed by atoms with Gasteiger partial charge >= 0.3 is 5.69 Å². The quantitative estimate of drug-likeness (QED) is 0.519. The number of ether oxygens (including phenoxy) is 1. The summed E-state index contributed by atoms with van der Waals surface area (Å²) in [5.74, 6) is 0.312. The van der Waals surface area contributed by atoms with E-state index in [1.54, 1.807) is 24.3 Å². The molecule has 1 amide bonds. The molecule has 0 radical (unpaired) electrons. The molecule has 0 aliphatic heterocycles. The number of hydrogen-bond donors (Lipinski definition) is 1. The number of fused-ring (bicyclic) bond motifs is 1. The van der Waals surface area contributed by atoms with Crippen molar-refractivity contribution < 1.29 is 9.53 Å². The second-order valence-electron chi connectivity index (χ2n) is 7.09. The van der Waals surface area contributed by atoms with Gasteiger partial charge < -0.3 is 10.5 Å². The van der Waals surface area contributed by atoms with Crippen LogP contribution in [0.2, 0.25) is 0 Å². The van der Waals surface area contributed by atoms with Gasteiger partial charge in [-0.1, -0.05) is 29.8 Å². The van der Waals surface area contributed by atoms with E-state index in [-0.39, 0.29) is 11.4 Å². The summed E-state index contributed by atoms with van der Waals surface area (Å²) in [5.41, 5.74) is 8.43. The Morgan fingerprint density at radius 3 is 2.29 bits per heavy atom. The molecule has 0 aliphatic rings. The van der Waals surface area contributed by atoms with Gasteiger partial charge in [-0.15, -0.1) is 0 Å². The van der Waals surface area contributed by atoms with E-state index in [2.05, 4.69) is 9.97 Å². The largest absolute Gasteiger partial charge is 0.494 e. The Labute approximate surface area is 178 Å². The van der Waals surface area contributed by atoms with E-state index >= 15 is 0 Å². The molecular weight excluding hydrogens is 394 g/mol. The summed E-state index contributed by atoms with van der Waals surface area (Å²) in [5, 5.41) is 0. The first kappa shape index (κ1) is 20.3. The summed E-state index contributed by atoms with van der Waals surface area (Å²) in [4.78, 5) is 34.6. The highest BCUT2D eigenvalue weighted by Gasteiger charge is 2.23. The molecule has 158 valence electrons. The van der Waals surface area contributed by atoms with E-state index in [1.165, 1.54) is 9.13 Å². The predicted molar refractivity (Wildman–Crippen MR) is 119 cm³/mol. The maximum absolute atomic E-state index is 13.3. The van der Waals surface area contributed by atoms with Crippen LogP contribution in [-0.4, -0.2) is 31.6 Å². The van der Waals surface area contributed by atoms with Crippen LogP contribution >= 0.6 is 0 Å². The SMILES string of the molecule is CCOc1ccc(-n2c(=O)n(CC)c3c(C(N)=O)nc(-c4ccc(C)cc4)nc32)cc1. The summed E-state index contributed by atoms with van der Waals surface area (Å²) in [6, 6.07) is 14.8. The van der Waals surface area contributed by atoms with E-state index in [0.29, 0.717) is 41.6 Å². The molecule has 0 bridgehead atoms. The minimum absolute atomic E-state index is 0.0178. The van der Waals surface area contributed by atoms with Gasteiger partial charge in [-0.05, 0) is 45.0 Å². The van der Waals surface area contributed by atoms with Crippen molar-refractivity contribution in [1.29, 1.82) is 0 Å². The van der Waals surface area contributed by atoms with Crippen molar-refractivity contribution in [3.63, 3.8) is 0 Å². The molecule has 8 nitrogen and oxygen atoms in total. The van der Waals surface area contributed by atoms with Gasteiger partial charge in [-0.2, -0.15) is 0 Å². The molecule has 0 aliphatic carbocycles. The van der Waals surface area contributed by atoms with Crippen molar-refractivity contribution >= 4 is 17.1 Å². The minimum Gasteiger partial charge on any atom is -0.494 e. The summed E-state index contributed by atoms with van der Waals surface area (Å²) in [6.07, 6.45) is 0. The molecule has 4 rings (SSSR count). The number of nitrogens with two attached hydrogens (primary N) is 1. The highest BCUT2D eigenvalue weighted by molar-refractivity contribution is 6.02. The van der Waals surface area contributed by atoms with Crippen LogP contribution in [0.4, 0.5) is 0 Å². The molecule has 0 atom stereocenters. The number of aryl methyl sites for hydroxylation is 2. The molecule has 0 saturated heterocycles. The van der Waals surface area contributed by atoms with Crippen molar-refractivity contribution in [2.45, 2.75) is 27.3 Å². The molecule has 0 saturated carbocycles. The van der Waals surface area contributed by atoms with Crippen LogP contribution in [0, 0.1) is 6.92 Å². The zero-order valence-electron chi connectivity index (χ0n) is 17.6. The highest BCUT2D eigenvalue weighted by atomic mass is 16.5. The number of imidazole rings is 1. The predicted octanol–water partition coefficient (Wildman–Crippen LogP) is 3.08. The molecule has 2 heterocycles. The third-order valence-electron chi connectivity index (χ3n) is 5.03. The van der Waals surface area contributed by atoms with Gasteiger partial charge in [0.1, 0.15) is 11.3 Å². The fourth-order valence-corrected chi connectivity index (χ4v) is 3.54. The third-order valence-corrected chi connectivity index (χ3v) is 5.03. The molecule has 0 fully saturated rings. The molecule has 4 aromatic rings. The first-order valence-corrected chi connectivity index (χ1v) is 10.1. The van der Waals surface area contributed by atoms with Crippen LogP contribution in [0.5, 0.6) is 5.75 Å². The van der Waals surface area contributed by atoms with E-state index in [9.17, 15) is 9.59 Å². The zero-order chi connectivity index (χ0) is 22.1. The van der Waals surface area contributed by atoms with Gasteiger partial charge in [0.2, 0.25) is 0 Å². The first-order valence-electron chi connectivity index (χ1n) is 10.1. The number of nitrogens with zero attached hydrogens (tertiary/aromatic N) is 4. The number of amides is 1. The Bertz CT molecular complexity index is 1320. The van der Waals surface area contributed by atoms with Crippen LogP contribution in [-0.2, 0) is 6.54 Å².